The number of nitriles is 1. The van der Waals surface area contributed by atoms with Gasteiger partial charge in [-0.2, -0.15) is 5.26 Å². The molecule has 0 radical (unpaired) electrons. The number of methoxy groups -OCH3 is 1. The fraction of sp³-hybridized carbons (Fsp3) is 0.385. The van der Waals surface area contributed by atoms with Gasteiger partial charge in [0.05, 0.1) is 31.5 Å². The van der Waals surface area contributed by atoms with Crippen LogP contribution >= 0.6 is 11.6 Å². The van der Waals surface area contributed by atoms with E-state index in [0.29, 0.717) is 36.0 Å². The minimum atomic E-state index is -0.635. The minimum Gasteiger partial charge on any atom is -0.467 e. The lowest BCUT2D eigenvalue weighted by Gasteiger charge is -2.33. The van der Waals surface area contributed by atoms with E-state index in [1.165, 1.54) is 7.11 Å². The zero-order chi connectivity index (χ0) is 13.8. The molecular formula is C13H13ClN2O3. The number of hydrogen-bond donors (Lipinski definition) is 0. The van der Waals surface area contributed by atoms with Gasteiger partial charge in [0.15, 0.2) is 6.10 Å². The number of carbonyl (C=O) groups excluding carboxylic acids is 1. The van der Waals surface area contributed by atoms with Gasteiger partial charge in [0.25, 0.3) is 0 Å². The van der Waals surface area contributed by atoms with Crippen LogP contribution in [0.3, 0.4) is 0 Å². The highest BCUT2D eigenvalue weighted by atomic mass is 35.5. The third-order valence-electron chi connectivity index (χ3n) is 2.95. The first-order valence-electron chi connectivity index (χ1n) is 5.79. The maximum Gasteiger partial charge on any atom is 0.336 e. The molecule has 1 aromatic carbocycles. The normalized spacial score (nSPS) is 18.8. The highest BCUT2D eigenvalue weighted by Crippen LogP contribution is 2.26. The Labute approximate surface area is 116 Å². The van der Waals surface area contributed by atoms with Crippen LogP contribution in [0.4, 0.5) is 5.69 Å². The van der Waals surface area contributed by atoms with Crippen LogP contribution in [0.5, 0.6) is 0 Å². The van der Waals surface area contributed by atoms with E-state index in [9.17, 15) is 4.79 Å². The van der Waals surface area contributed by atoms with Crippen LogP contribution in [-0.2, 0) is 14.3 Å². The van der Waals surface area contributed by atoms with Gasteiger partial charge in [-0.1, -0.05) is 11.6 Å². The minimum absolute atomic E-state index is 0.349. The molecule has 0 amide bonds. The van der Waals surface area contributed by atoms with Crippen molar-refractivity contribution in [2.45, 2.75) is 6.10 Å². The predicted molar refractivity (Wildman–Crippen MR) is 70.1 cm³/mol. The Hall–Kier alpha value is -1.77. The first-order valence-corrected chi connectivity index (χ1v) is 6.17. The topological polar surface area (TPSA) is 62.6 Å². The number of hydrogen-bond acceptors (Lipinski definition) is 5. The molecule has 0 aliphatic carbocycles. The van der Waals surface area contributed by atoms with E-state index in [1.54, 1.807) is 18.2 Å². The number of morpholine rings is 1. The van der Waals surface area contributed by atoms with Gasteiger partial charge >= 0.3 is 5.97 Å². The van der Waals surface area contributed by atoms with E-state index in [2.05, 4.69) is 10.8 Å². The number of benzene rings is 1. The number of anilines is 1. The summed E-state index contributed by atoms with van der Waals surface area (Å²) in [4.78, 5) is 13.4. The number of rotatable bonds is 2. The molecule has 5 nitrogen and oxygen atoms in total. The van der Waals surface area contributed by atoms with Crippen molar-refractivity contribution >= 4 is 23.3 Å². The Bertz CT molecular complexity index is 527. The zero-order valence-corrected chi connectivity index (χ0v) is 11.2. The summed E-state index contributed by atoms with van der Waals surface area (Å²) in [6, 6.07) is 7.18. The number of nitrogens with zero attached hydrogens (tertiary/aromatic N) is 2. The zero-order valence-electron chi connectivity index (χ0n) is 10.4. The second kappa shape index (κ2) is 5.91. The van der Waals surface area contributed by atoms with E-state index in [0.717, 1.165) is 0 Å². The summed E-state index contributed by atoms with van der Waals surface area (Å²) in [5, 5.41) is 9.67. The highest BCUT2D eigenvalue weighted by Gasteiger charge is 2.28. The summed E-state index contributed by atoms with van der Waals surface area (Å²) < 4.78 is 10.0. The largest absolute Gasteiger partial charge is 0.467 e. The summed E-state index contributed by atoms with van der Waals surface area (Å²) in [5.41, 5.74) is 1.24. The van der Waals surface area contributed by atoms with Gasteiger partial charge in [-0.3, -0.25) is 0 Å². The number of halogens is 1. The summed E-state index contributed by atoms with van der Waals surface area (Å²) in [6.45, 7) is 1.35. The van der Waals surface area contributed by atoms with Crippen molar-refractivity contribution < 1.29 is 14.3 Å². The molecule has 1 aliphatic rings. The van der Waals surface area contributed by atoms with E-state index >= 15 is 0 Å². The molecule has 2 rings (SSSR count). The lowest BCUT2D eigenvalue weighted by molar-refractivity contribution is -0.154. The maximum absolute atomic E-state index is 11.5. The highest BCUT2D eigenvalue weighted by molar-refractivity contribution is 6.30. The molecule has 0 bridgehead atoms. The Morgan fingerprint density at radius 2 is 2.42 bits per heavy atom. The van der Waals surface area contributed by atoms with Crippen molar-refractivity contribution in [1.29, 1.82) is 5.26 Å². The lowest BCUT2D eigenvalue weighted by atomic mass is 10.1. The molecule has 100 valence electrons. The van der Waals surface area contributed by atoms with Crippen molar-refractivity contribution in [1.82, 2.24) is 0 Å². The van der Waals surface area contributed by atoms with Gasteiger partial charge in [-0.25, -0.2) is 4.79 Å². The van der Waals surface area contributed by atoms with Crippen LogP contribution in [0.1, 0.15) is 5.56 Å². The van der Waals surface area contributed by atoms with Crippen molar-refractivity contribution in [2.24, 2.45) is 0 Å². The molecule has 0 aromatic heterocycles. The average Bonchev–Trinajstić information content (AvgIpc) is 2.46. The standard InChI is InChI=1S/C13H13ClN2O3/c1-18-13(17)12-8-16(4-5-19-12)11-6-10(14)3-2-9(11)7-15/h2-3,6,12H,4-5,8H2,1H3. The van der Waals surface area contributed by atoms with Gasteiger partial charge in [-0.15, -0.1) is 0 Å². The first-order chi connectivity index (χ1) is 9.15. The predicted octanol–water partition coefficient (Wildman–Crippen LogP) is 1.59. The number of esters is 1. The summed E-state index contributed by atoms with van der Waals surface area (Å²) in [5.74, 6) is -0.412. The first kappa shape index (κ1) is 13.7. The lowest BCUT2D eigenvalue weighted by Crippen LogP contribution is -2.46. The molecule has 1 saturated heterocycles. The van der Waals surface area contributed by atoms with Crippen molar-refractivity contribution in [2.75, 3.05) is 31.7 Å². The fourth-order valence-corrected chi connectivity index (χ4v) is 2.17. The van der Waals surface area contributed by atoms with Gasteiger partial charge in [-0.05, 0) is 18.2 Å². The molecule has 0 N–H and O–H groups in total. The quantitative estimate of drug-likeness (QED) is 0.770. The molecular weight excluding hydrogens is 268 g/mol. The Balaban J connectivity index is 2.24. The molecule has 0 saturated carbocycles. The van der Waals surface area contributed by atoms with Gasteiger partial charge in [0.2, 0.25) is 0 Å². The van der Waals surface area contributed by atoms with Crippen LogP contribution in [0.15, 0.2) is 18.2 Å². The van der Waals surface area contributed by atoms with Crippen molar-refractivity contribution in [3.05, 3.63) is 28.8 Å². The second-order valence-corrected chi connectivity index (χ2v) is 4.54. The van der Waals surface area contributed by atoms with Crippen LogP contribution in [0.2, 0.25) is 5.02 Å². The van der Waals surface area contributed by atoms with Gasteiger partial charge in [0.1, 0.15) is 6.07 Å². The van der Waals surface area contributed by atoms with E-state index in [1.807, 2.05) is 4.90 Å². The van der Waals surface area contributed by atoms with Crippen LogP contribution in [0.25, 0.3) is 0 Å². The monoisotopic (exact) mass is 280 g/mol. The molecule has 1 atom stereocenters. The number of carbonyl (C=O) groups is 1. The molecule has 1 aromatic rings. The number of ether oxygens (including phenoxy) is 2. The Morgan fingerprint density at radius 1 is 1.63 bits per heavy atom. The summed E-state index contributed by atoms with van der Waals surface area (Å²) in [6.07, 6.45) is -0.635. The van der Waals surface area contributed by atoms with Crippen LogP contribution in [0, 0.1) is 11.3 Å². The van der Waals surface area contributed by atoms with Crippen molar-refractivity contribution in [3.8, 4) is 6.07 Å². The third-order valence-corrected chi connectivity index (χ3v) is 3.19. The maximum atomic E-state index is 11.5. The van der Waals surface area contributed by atoms with Gasteiger partial charge in [0, 0.05) is 11.6 Å². The Morgan fingerprint density at radius 3 is 3.11 bits per heavy atom. The van der Waals surface area contributed by atoms with Crippen LogP contribution < -0.4 is 4.90 Å². The summed E-state index contributed by atoms with van der Waals surface area (Å²) >= 11 is 5.96. The molecule has 1 fully saturated rings. The third kappa shape index (κ3) is 2.98. The van der Waals surface area contributed by atoms with E-state index in [4.69, 9.17) is 21.6 Å². The molecule has 6 heteroatoms. The van der Waals surface area contributed by atoms with Gasteiger partial charge < -0.3 is 14.4 Å². The smallest absolute Gasteiger partial charge is 0.336 e. The second-order valence-electron chi connectivity index (χ2n) is 4.10. The Kier molecular flexibility index (Phi) is 4.25. The molecule has 1 aliphatic heterocycles. The van der Waals surface area contributed by atoms with Crippen LogP contribution in [-0.4, -0.2) is 38.9 Å². The summed E-state index contributed by atoms with van der Waals surface area (Å²) in [7, 11) is 1.32. The molecule has 19 heavy (non-hydrogen) atoms. The van der Waals surface area contributed by atoms with E-state index < -0.39 is 12.1 Å². The SMILES string of the molecule is COC(=O)C1CN(c2cc(Cl)ccc2C#N)CCO1. The molecule has 1 heterocycles. The average molecular weight is 281 g/mol. The molecule has 1 unspecified atom stereocenters. The van der Waals surface area contributed by atoms with Crippen molar-refractivity contribution in [3.63, 3.8) is 0 Å². The van der Waals surface area contributed by atoms with E-state index in [-0.39, 0.29) is 0 Å². The molecule has 0 spiro atoms. The fourth-order valence-electron chi connectivity index (χ4n) is 2.00.